The summed E-state index contributed by atoms with van der Waals surface area (Å²) >= 11 is 0. The highest BCUT2D eigenvalue weighted by molar-refractivity contribution is 5.78. The van der Waals surface area contributed by atoms with Gasteiger partial charge in [-0.15, -0.1) is 0 Å². The Morgan fingerprint density at radius 2 is 2.64 bits per heavy atom. The molecule has 0 atom stereocenters. The van der Waals surface area contributed by atoms with E-state index in [9.17, 15) is 0 Å². The third-order valence-corrected chi connectivity index (χ3v) is 1.28. The maximum atomic E-state index is 4.52. The largest absolute Gasteiger partial charge is 0.399 e. The highest BCUT2D eigenvalue weighted by Crippen LogP contribution is 1.92. The molecule has 0 N–H and O–H groups in total. The van der Waals surface area contributed by atoms with Crippen LogP contribution >= 0.6 is 0 Å². The van der Waals surface area contributed by atoms with Gasteiger partial charge in [-0.05, 0) is 6.92 Å². The first-order valence-electron chi connectivity index (χ1n) is 3.45. The molecule has 0 aliphatic carbocycles. The monoisotopic (exact) mass is 153 g/mol. The topological polar surface area (TPSA) is 39.4 Å². The molecule has 0 unspecified atom stereocenters. The predicted molar refractivity (Wildman–Crippen MR) is 42.5 cm³/mol. The molecule has 11 heavy (non-hydrogen) atoms. The molecular formula is C7H11N3O. The summed E-state index contributed by atoms with van der Waals surface area (Å²) in [7, 11) is 1.51. The van der Waals surface area contributed by atoms with Gasteiger partial charge in [-0.3, -0.25) is 4.68 Å². The Labute approximate surface area is 65.5 Å². The van der Waals surface area contributed by atoms with E-state index >= 15 is 0 Å². The predicted octanol–water partition coefficient (Wildman–Crippen LogP) is 0.883. The lowest BCUT2D eigenvalue weighted by atomic mass is 10.4. The number of hydrogen-bond donors (Lipinski definition) is 0. The first-order chi connectivity index (χ1) is 5.36. The van der Waals surface area contributed by atoms with Crippen LogP contribution in [0.4, 0.5) is 0 Å². The zero-order chi connectivity index (χ0) is 8.10. The lowest BCUT2D eigenvalue weighted by Crippen LogP contribution is -1.92. The number of rotatable bonds is 3. The van der Waals surface area contributed by atoms with Gasteiger partial charge in [0.1, 0.15) is 7.11 Å². The molecule has 0 saturated carbocycles. The van der Waals surface area contributed by atoms with Gasteiger partial charge in [-0.2, -0.15) is 5.10 Å². The molecule has 0 amide bonds. The van der Waals surface area contributed by atoms with Gasteiger partial charge in [0.05, 0.1) is 12.4 Å². The highest BCUT2D eigenvalue weighted by Gasteiger charge is 1.91. The molecule has 1 heterocycles. The smallest absolute Gasteiger partial charge is 0.106 e. The van der Waals surface area contributed by atoms with E-state index in [2.05, 4.69) is 15.1 Å². The molecule has 0 bridgehead atoms. The Balaban J connectivity index is 2.65. The Kier molecular flexibility index (Phi) is 2.66. The van der Waals surface area contributed by atoms with Crippen molar-refractivity contribution >= 4 is 6.21 Å². The van der Waals surface area contributed by atoms with E-state index in [1.54, 1.807) is 12.4 Å². The van der Waals surface area contributed by atoms with Crippen molar-refractivity contribution in [1.82, 2.24) is 9.78 Å². The maximum absolute atomic E-state index is 4.52. The van der Waals surface area contributed by atoms with Crippen LogP contribution < -0.4 is 0 Å². The van der Waals surface area contributed by atoms with Gasteiger partial charge in [0, 0.05) is 18.3 Å². The fourth-order valence-electron chi connectivity index (χ4n) is 0.733. The molecule has 1 aromatic heterocycles. The van der Waals surface area contributed by atoms with Gasteiger partial charge in [0.2, 0.25) is 0 Å². The first-order valence-corrected chi connectivity index (χ1v) is 3.45. The lowest BCUT2D eigenvalue weighted by Gasteiger charge is -1.88. The maximum Gasteiger partial charge on any atom is 0.106 e. The summed E-state index contributed by atoms with van der Waals surface area (Å²) in [6.07, 6.45) is 5.27. The van der Waals surface area contributed by atoms with Crippen LogP contribution in [0.5, 0.6) is 0 Å². The summed E-state index contributed by atoms with van der Waals surface area (Å²) in [5.41, 5.74) is 0.953. The number of nitrogens with zero attached hydrogens (tertiary/aromatic N) is 3. The number of oxime groups is 1. The Morgan fingerprint density at radius 3 is 3.18 bits per heavy atom. The molecule has 60 valence electrons. The van der Waals surface area contributed by atoms with E-state index in [1.807, 2.05) is 17.8 Å². The van der Waals surface area contributed by atoms with Crippen molar-refractivity contribution in [2.45, 2.75) is 13.5 Å². The third kappa shape index (κ3) is 2.07. The van der Waals surface area contributed by atoms with Crippen LogP contribution in [0.2, 0.25) is 0 Å². The summed E-state index contributed by atoms with van der Waals surface area (Å²) in [5.74, 6) is 0. The molecule has 0 aliphatic heterocycles. The molecule has 0 fully saturated rings. The van der Waals surface area contributed by atoms with Crippen LogP contribution in [-0.4, -0.2) is 23.1 Å². The van der Waals surface area contributed by atoms with Crippen molar-refractivity contribution in [2.75, 3.05) is 7.11 Å². The minimum atomic E-state index is 0.876. The Hall–Kier alpha value is -1.32. The van der Waals surface area contributed by atoms with E-state index in [0.29, 0.717) is 0 Å². The quantitative estimate of drug-likeness (QED) is 0.477. The van der Waals surface area contributed by atoms with E-state index in [1.165, 1.54) is 7.11 Å². The number of aromatic nitrogens is 2. The lowest BCUT2D eigenvalue weighted by molar-refractivity contribution is 0.215. The van der Waals surface area contributed by atoms with Crippen molar-refractivity contribution in [1.29, 1.82) is 0 Å². The molecule has 1 aromatic rings. The van der Waals surface area contributed by atoms with Crippen LogP contribution in [-0.2, 0) is 11.4 Å². The summed E-state index contributed by atoms with van der Waals surface area (Å²) in [6, 6.07) is 0. The second-order valence-corrected chi connectivity index (χ2v) is 2.05. The zero-order valence-corrected chi connectivity index (χ0v) is 6.69. The molecule has 0 spiro atoms. The summed E-state index contributed by atoms with van der Waals surface area (Å²) in [6.45, 7) is 2.91. The van der Waals surface area contributed by atoms with Gasteiger partial charge >= 0.3 is 0 Å². The van der Waals surface area contributed by atoms with Gasteiger partial charge < -0.3 is 4.84 Å². The first kappa shape index (κ1) is 7.78. The minimum Gasteiger partial charge on any atom is -0.399 e. The van der Waals surface area contributed by atoms with E-state index in [0.717, 1.165) is 12.1 Å². The Bertz CT molecular complexity index is 242. The fourth-order valence-corrected chi connectivity index (χ4v) is 0.733. The average Bonchev–Trinajstić information content (AvgIpc) is 2.48. The third-order valence-electron chi connectivity index (χ3n) is 1.28. The minimum absolute atomic E-state index is 0.876. The van der Waals surface area contributed by atoms with Crippen molar-refractivity contribution in [2.24, 2.45) is 5.16 Å². The summed E-state index contributed by atoms with van der Waals surface area (Å²) in [4.78, 5) is 4.52. The molecule has 0 saturated heterocycles. The zero-order valence-electron chi connectivity index (χ0n) is 6.69. The average molecular weight is 153 g/mol. The van der Waals surface area contributed by atoms with Crippen molar-refractivity contribution in [3.05, 3.63) is 18.0 Å². The standard InChI is InChI=1S/C7H11N3O/c1-3-10-6-7(4-8-10)5-9-11-2/h4-6H,3H2,1-2H3/b9-5+. The van der Waals surface area contributed by atoms with Gasteiger partial charge in [-0.1, -0.05) is 5.16 Å². The van der Waals surface area contributed by atoms with Gasteiger partial charge in [-0.25, -0.2) is 0 Å². The second kappa shape index (κ2) is 3.75. The van der Waals surface area contributed by atoms with Crippen molar-refractivity contribution in [3.63, 3.8) is 0 Å². The second-order valence-electron chi connectivity index (χ2n) is 2.05. The van der Waals surface area contributed by atoms with Crippen molar-refractivity contribution < 1.29 is 4.84 Å². The normalized spacial score (nSPS) is 10.7. The van der Waals surface area contributed by atoms with Crippen molar-refractivity contribution in [3.8, 4) is 0 Å². The van der Waals surface area contributed by atoms with Crippen LogP contribution in [0.1, 0.15) is 12.5 Å². The molecule has 0 radical (unpaired) electrons. The van der Waals surface area contributed by atoms with E-state index in [4.69, 9.17) is 0 Å². The summed E-state index contributed by atoms with van der Waals surface area (Å²) < 4.78 is 1.83. The number of hydrogen-bond acceptors (Lipinski definition) is 3. The molecule has 0 aromatic carbocycles. The number of aryl methyl sites for hydroxylation is 1. The molecule has 1 rings (SSSR count). The SMILES string of the molecule is CCn1cc(/C=N/OC)cn1. The van der Waals surface area contributed by atoms with Crippen LogP contribution in [0.15, 0.2) is 17.5 Å². The van der Waals surface area contributed by atoms with Crippen LogP contribution in [0, 0.1) is 0 Å². The highest BCUT2D eigenvalue weighted by atomic mass is 16.6. The molecular weight excluding hydrogens is 142 g/mol. The molecule has 4 nitrogen and oxygen atoms in total. The molecule has 0 aliphatic rings. The van der Waals surface area contributed by atoms with Crippen LogP contribution in [0.25, 0.3) is 0 Å². The van der Waals surface area contributed by atoms with E-state index < -0.39 is 0 Å². The van der Waals surface area contributed by atoms with E-state index in [-0.39, 0.29) is 0 Å². The Morgan fingerprint density at radius 1 is 1.82 bits per heavy atom. The van der Waals surface area contributed by atoms with Gasteiger partial charge in [0.25, 0.3) is 0 Å². The van der Waals surface area contributed by atoms with Gasteiger partial charge in [0.15, 0.2) is 0 Å². The molecule has 4 heteroatoms. The summed E-state index contributed by atoms with van der Waals surface area (Å²) in [5, 5.41) is 7.67. The fraction of sp³-hybridized carbons (Fsp3) is 0.429. The van der Waals surface area contributed by atoms with Crippen LogP contribution in [0.3, 0.4) is 0 Å².